The molecule has 1 heterocycles. The first-order chi connectivity index (χ1) is 9.58. The first-order valence-corrected chi connectivity index (χ1v) is 6.04. The second-order valence-corrected chi connectivity index (χ2v) is 4.53. The van der Waals surface area contributed by atoms with Gasteiger partial charge in [0.2, 0.25) is 0 Å². The summed E-state index contributed by atoms with van der Waals surface area (Å²) in [6, 6.07) is 9.68. The molecule has 3 aromatic rings. The van der Waals surface area contributed by atoms with Gasteiger partial charge in [-0.05, 0) is 42.8 Å². The zero-order chi connectivity index (χ0) is 14.3. The van der Waals surface area contributed by atoms with E-state index in [1.807, 2.05) is 0 Å². The topological polar surface area (TPSA) is 55.1 Å². The molecule has 1 N–H and O–H groups in total. The summed E-state index contributed by atoms with van der Waals surface area (Å²) in [6.45, 7) is 1.68. The average Bonchev–Trinajstić information content (AvgIpc) is 2.85. The normalized spacial score (nSPS) is 10.9. The maximum absolute atomic E-state index is 13.3. The van der Waals surface area contributed by atoms with Gasteiger partial charge in [-0.25, -0.2) is 14.2 Å². The number of imidazole rings is 1. The third-order valence-electron chi connectivity index (χ3n) is 3.23. The minimum absolute atomic E-state index is 0.153. The highest BCUT2D eigenvalue weighted by atomic mass is 19.1. The van der Waals surface area contributed by atoms with E-state index >= 15 is 0 Å². The molecule has 0 atom stereocenters. The van der Waals surface area contributed by atoms with Crippen LogP contribution in [0.25, 0.3) is 16.7 Å². The van der Waals surface area contributed by atoms with E-state index in [9.17, 15) is 9.18 Å². The van der Waals surface area contributed by atoms with Gasteiger partial charge in [-0.15, -0.1) is 0 Å². The molecule has 0 radical (unpaired) electrons. The summed E-state index contributed by atoms with van der Waals surface area (Å²) in [5.74, 6) is -1.29. The smallest absolute Gasteiger partial charge is 0.337 e. The number of para-hydroxylation sites is 1. The molecule has 0 spiro atoms. The Balaban J connectivity index is 2.25. The van der Waals surface area contributed by atoms with E-state index in [1.165, 1.54) is 12.1 Å². The monoisotopic (exact) mass is 270 g/mol. The number of halogens is 1. The number of fused-ring (bicyclic) bond motifs is 1. The van der Waals surface area contributed by atoms with E-state index in [1.54, 1.807) is 42.1 Å². The predicted octanol–water partition coefficient (Wildman–Crippen LogP) is 3.17. The Bertz CT molecular complexity index is 824. The Morgan fingerprint density at radius 2 is 2.10 bits per heavy atom. The Labute approximate surface area is 114 Å². The number of benzene rings is 2. The summed E-state index contributed by atoms with van der Waals surface area (Å²) in [5.41, 5.74) is 2.52. The van der Waals surface area contributed by atoms with Crippen molar-refractivity contribution in [3.63, 3.8) is 0 Å². The number of hydrogen-bond donors (Lipinski definition) is 1. The Hall–Kier alpha value is -2.69. The third-order valence-corrected chi connectivity index (χ3v) is 3.23. The predicted molar refractivity (Wildman–Crippen MR) is 72.7 cm³/mol. The molecule has 0 aliphatic carbocycles. The molecule has 0 bridgehead atoms. The van der Waals surface area contributed by atoms with E-state index in [-0.39, 0.29) is 11.4 Å². The molecule has 0 fully saturated rings. The van der Waals surface area contributed by atoms with Gasteiger partial charge in [0.15, 0.2) is 0 Å². The zero-order valence-corrected chi connectivity index (χ0v) is 10.7. The summed E-state index contributed by atoms with van der Waals surface area (Å²) in [7, 11) is 0. The van der Waals surface area contributed by atoms with Crippen LogP contribution in [0.5, 0.6) is 0 Å². The van der Waals surface area contributed by atoms with Gasteiger partial charge in [0.1, 0.15) is 17.7 Å². The van der Waals surface area contributed by atoms with Crippen LogP contribution in [0, 0.1) is 12.7 Å². The van der Waals surface area contributed by atoms with Crippen LogP contribution in [-0.2, 0) is 0 Å². The lowest BCUT2D eigenvalue weighted by molar-refractivity contribution is 0.0699. The number of hydrogen-bond acceptors (Lipinski definition) is 2. The number of carboxylic acid groups (broad SMARTS) is 1. The van der Waals surface area contributed by atoms with Crippen molar-refractivity contribution in [2.24, 2.45) is 0 Å². The van der Waals surface area contributed by atoms with Gasteiger partial charge < -0.3 is 5.11 Å². The van der Waals surface area contributed by atoms with Crippen molar-refractivity contribution in [2.75, 3.05) is 0 Å². The van der Waals surface area contributed by atoms with Crippen molar-refractivity contribution in [3.8, 4) is 5.69 Å². The number of aromatic carboxylic acids is 1. The van der Waals surface area contributed by atoms with Crippen molar-refractivity contribution in [1.82, 2.24) is 9.55 Å². The molecule has 0 saturated carbocycles. The molecule has 20 heavy (non-hydrogen) atoms. The van der Waals surface area contributed by atoms with Crippen molar-refractivity contribution in [2.45, 2.75) is 6.92 Å². The van der Waals surface area contributed by atoms with Gasteiger partial charge in [0.05, 0.1) is 11.1 Å². The Kier molecular flexibility index (Phi) is 2.75. The largest absolute Gasteiger partial charge is 0.478 e. The molecule has 4 nitrogen and oxygen atoms in total. The van der Waals surface area contributed by atoms with Crippen molar-refractivity contribution < 1.29 is 14.3 Å². The van der Waals surface area contributed by atoms with Crippen LogP contribution in [0.3, 0.4) is 0 Å². The first-order valence-electron chi connectivity index (χ1n) is 6.04. The molecule has 1 aromatic heterocycles. The van der Waals surface area contributed by atoms with Crippen LogP contribution in [0.4, 0.5) is 4.39 Å². The van der Waals surface area contributed by atoms with E-state index in [0.717, 1.165) is 5.69 Å². The molecular weight excluding hydrogens is 259 g/mol. The Morgan fingerprint density at radius 1 is 1.30 bits per heavy atom. The maximum Gasteiger partial charge on any atom is 0.337 e. The third kappa shape index (κ3) is 1.84. The SMILES string of the molecule is Cc1cc(-n2cnc3c(C(=O)O)cccc32)ccc1F. The number of aromatic nitrogens is 2. The lowest BCUT2D eigenvalue weighted by Crippen LogP contribution is -1.98. The van der Waals surface area contributed by atoms with Gasteiger partial charge in [-0.2, -0.15) is 0 Å². The lowest BCUT2D eigenvalue weighted by atomic mass is 10.1. The number of carboxylic acids is 1. The van der Waals surface area contributed by atoms with Gasteiger partial charge in [0.25, 0.3) is 0 Å². The number of nitrogens with zero attached hydrogens (tertiary/aromatic N) is 2. The van der Waals surface area contributed by atoms with Gasteiger partial charge in [0, 0.05) is 5.69 Å². The van der Waals surface area contributed by atoms with Gasteiger partial charge >= 0.3 is 5.97 Å². The van der Waals surface area contributed by atoms with Crippen molar-refractivity contribution in [1.29, 1.82) is 0 Å². The fraction of sp³-hybridized carbons (Fsp3) is 0.0667. The molecule has 0 amide bonds. The molecule has 0 aliphatic heterocycles. The quantitative estimate of drug-likeness (QED) is 0.778. The van der Waals surface area contributed by atoms with Crippen LogP contribution in [0.15, 0.2) is 42.7 Å². The standard InChI is InChI=1S/C15H11FN2O2/c1-9-7-10(5-6-12(9)16)18-8-17-14-11(15(19)20)3-2-4-13(14)18/h2-8H,1H3,(H,19,20). The fourth-order valence-corrected chi connectivity index (χ4v) is 2.20. The Morgan fingerprint density at radius 3 is 2.80 bits per heavy atom. The van der Waals surface area contributed by atoms with E-state index < -0.39 is 5.97 Å². The van der Waals surface area contributed by atoms with E-state index in [0.29, 0.717) is 16.6 Å². The minimum atomic E-state index is -1.02. The minimum Gasteiger partial charge on any atom is -0.478 e. The highest BCUT2D eigenvalue weighted by molar-refractivity contribution is 6.01. The summed E-state index contributed by atoms with van der Waals surface area (Å²) in [6.07, 6.45) is 1.55. The van der Waals surface area contributed by atoms with Crippen LogP contribution in [0.1, 0.15) is 15.9 Å². The molecule has 0 aliphatic rings. The highest BCUT2D eigenvalue weighted by Gasteiger charge is 2.13. The van der Waals surface area contributed by atoms with Gasteiger partial charge in [-0.3, -0.25) is 4.57 Å². The van der Waals surface area contributed by atoms with E-state index in [4.69, 9.17) is 5.11 Å². The van der Waals surface area contributed by atoms with Gasteiger partial charge in [-0.1, -0.05) is 6.07 Å². The molecular formula is C15H11FN2O2. The van der Waals surface area contributed by atoms with Crippen LogP contribution in [-0.4, -0.2) is 20.6 Å². The summed E-state index contributed by atoms with van der Waals surface area (Å²) >= 11 is 0. The maximum atomic E-state index is 13.3. The lowest BCUT2D eigenvalue weighted by Gasteiger charge is -2.06. The summed E-state index contributed by atoms with van der Waals surface area (Å²) in [4.78, 5) is 15.3. The summed E-state index contributed by atoms with van der Waals surface area (Å²) < 4.78 is 15.1. The second-order valence-electron chi connectivity index (χ2n) is 4.53. The number of rotatable bonds is 2. The van der Waals surface area contributed by atoms with Crippen LogP contribution in [0.2, 0.25) is 0 Å². The zero-order valence-electron chi connectivity index (χ0n) is 10.7. The van der Waals surface area contributed by atoms with E-state index in [2.05, 4.69) is 4.98 Å². The average molecular weight is 270 g/mol. The number of aryl methyl sites for hydroxylation is 1. The first kappa shape index (κ1) is 12.3. The van der Waals surface area contributed by atoms with Crippen LogP contribution < -0.4 is 0 Å². The van der Waals surface area contributed by atoms with Crippen molar-refractivity contribution >= 4 is 17.0 Å². The highest BCUT2D eigenvalue weighted by Crippen LogP contribution is 2.22. The molecule has 0 saturated heterocycles. The second kappa shape index (κ2) is 4.45. The molecule has 5 heteroatoms. The van der Waals surface area contributed by atoms with Crippen molar-refractivity contribution in [3.05, 3.63) is 59.7 Å². The summed E-state index contributed by atoms with van der Waals surface area (Å²) in [5, 5.41) is 9.14. The molecule has 100 valence electrons. The molecule has 3 rings (SSSR count). The molecule has 2 aromatic carbocycles. The fourth-order valence-electron chi connectivity index (χ4n) is 2.20. The molecule has 0 unspecified atom stereocenters. The van der Waals surface area contributed by atoms with Crippen LogP contribution >= 0.6 is 0 Å². The number of carbonyl (C=O) groups is 1.